The van der Waals surface area contributed by atoms with Gasteiger partial charge in [-0.1, -0.05) is 36.7 Å². The van der Waals surface area contributed by atoms with Gasteiger partial charge in [0, 0.05) is 35.5 Å². The first-order chi connectivity index (χ1) is 19.5. The van der Waals surface area contributed by atoms with Gasteiger partial charge in [-0.25, -0.2) is 18.4 Å². The van der Waals surface area contributed by atoms with E-state index in [2.05, 4.69) is 36.1 Å². The molecule has 3 aromatic rings. The number of nitrogens with zero attached hydrogens (tertiary/aromatic N) is 4. The highest BCUT2D eigenvalue weighted by atomic mass is 35.5. The van der Waals surface area contributed by atoms with Gasteiger partial charge in [0.25, 0.3) is 0 Å². The summed E-state index contributed by atoms with van der Waals surface area (Å²) in [5.74, 6) is 1.12. The highest BCUT2D eigenvalue weighted by molar-refractivity contribution is 7.91. The largest absolute Gasteiger partial charge is 0.358 e. The fraction of sp³-hybridized carbons (Fsp3) is 0.516. The summed E-state index contributed by atoms with van der Waals surface area (Å²) >= 11 is 6.30. The number of rotatable bonds is 9. The number of carbonyl (C=O) groups excluding carboxylic acids is 1. The molecule has 1 aromatic heterocycles. The summed E-state index contributed by atoms with van der Waals surface area (Å²) < 4.78 is 27.4. The minimum atomic E-state index is -3.62. The minimum absolute atomic E-state index is 0.0734. The lowest BCUT2D eigenvalue weighted by atomic mass is 9.78. The van der Waals surface area contributed by atoms with Crippen LogP contribution in [0.15, 0.2) is 53.4 Å². The van der Waals surface area contributed by atoms with Crippen LogP contribution in [0.25, 0.3) is 10.9 Å². The molecule has 2 fully saturated rings. The first-order valence-electron chi connectivity index (χ1n) is 14.6. The Morgan fingerprint density at radius 2 is 1.80 bits per heavy atom. The lowest BCUT2D eigenvalue weighted by molar-refractivity contribution is -0.134. The van der Waals surface area contributed by atoms with Crippen LogP contribution >= 0.6 is 11.6 Å². The molecule has 1 atom stereocenters. The fourth-order valence-corrected chi connectivity index (χ4v) is 8.46. The Morgan fingerprint density at radius 1 is 1.10 bits per heavy atom. The average molecular weight is 598 g/mol. The molecular weight excluding hydrogens is 558 g/mol. The molecule has 8 nitrogen and oxygen atoms in total. The monoisotopic (exact) mass is 597 g/mol. The van der Waals surface area contributed by atoms with Crippen molar-refractivity contribution >= 4 is 44.1 Å². The van der Waals surface area contributed by atoms with Crippen LogP contribution in [0.4, 0.5) is 5.82 Å². The van der Waals surface area contributed by atoms with Crippen molar-refractivity contribution in [1.82, 2.24) is 19.8 Å². The summed E-state index contributed by atoms with van der Waals surface area (Å²) in [6, 6.07) is 14.3. The SMILES string of the molecule is CCc1nc(N[C@H]2CCN(C3(CS(=O)(=O)c4ccccc4)CCC(N(C)C(C)C)CC3)C2=O)c2cc(Cl)ccc2n1. The van der Waals surface area contributed by atoms with Crippen molar-refractivity contribution in [2.75, 3.05) is 24.7 Å². The number of anilines is 1. The van der Waals surface area contributed by atoms with Crippen molar-refractivity contribution < 1.29 is 13.2 Å². The molecule has 1 saturated heterocycles. The molecule has 1 aliphatic carbocycles. The number of sulfone groups is 1. The predicted octanol–water partition coefficient (Wildman–Crippen LogP) is 5.35. The molecule has 1 saturated carbocycles. The van der Waals surface area contributed by atoms with Gasteiger partial charge in [0.2, 0.25) is 5.91 Å². The molecule has 2 aromatic carbocycles. The van der Waals surface area contributed by atoms with Crippen LogP contribution in [0.3, 0.4) is 0 Å². The number of nitrogens with one attached hydrogen (secondary N) is 1. The lowest BCUT2D eigenvalue weighted by Gasteiger charge is -2.48. The van der Waals surface area contributed by atoms with Gasteiger partial charge in [-0.15, -0.1) is 0 Å². The molecule has 2 aliphatic rings. The van der Waals surface area contributed by atoms with Gasteiger partial charge in [0.1, 0.15) is 17.7 Å². The van der Waals surface area contributed by atoms with Crippen LogP contribution in [0.5, 0.6) is 0 Å². The zero-order valence-electron chi connectivity index (χ0n) is 24.3. The third-order valence-corrected chi connectivity index (χ3v) is 11.1. The van der Waals surface area contributed by atoms with Crippen molar-refractivity contribution in [2.45, 2.75) is 87.9 Å². The van der Waals surface area contributed by atoms with Gasteiger partial charge in [-0.2, -0.15) is 0 Å². The highest BCUT2D eigenvalue weighted by Gasteiger charge is 2.50. The Hall–Kier alpha value is -2.75. The number of aromatic nitrogens is 2. The number of carbonyl (C=O) groups is 1. The molecule has 220 valence electrons. The van der Waals surface area contributed by atoms with Gasteiger partial charge in [-0.05, 0) is 83.3 Å². The molecule has 10 heteroatoms. The third kappa shape index (κ3) is 6.08. The maximum Gasteiger partial charge on any atom is 0.245 e. The normalized spacial score (nSPS) is 23.6. The first kappa shape index (κ1) is 29.7. The Morgan fingerprint density at radius 3 is 2.46 bits per heavy atom. The molecule has 2 heterocycles. The molecule has 5 rings (SSSR count). The van der Waals surface area contributed by atoms with Crippen LogP contribution in [0.1, 0.15) is 58.7 Å². The number of halogens is 1. The van der Waals surface area contributed by atoms with Crippen LogP contribution in [0, 0.1) is 0 Å². The second-order valence-corrected chi connectivity index (χ2v) is 14.2. The number of hydrogen-bond acceptors (Lipinski definition) is 7. The van der Waals surface area contributed by atoms with E-state index >= 15 is 0 Å². The quantitative estimate of drug-likeness (QED) is 0.355. The summed E-state index contributed by atoms with van der Waals surface area (Å²) in [5.41, 5.74) is 0.00589. The van der Waals surface area contributed by atoms with Crippen LogP contribution in [-0.4, -0.2) is 77.1 Å². The fourth-order valence-electron chi connectivity index (χ4n) is 6.39. The Balaban J connectivity index is 1.44. The van der Waals surface area contributed by atoms with E-state index in [1.807, 2.05) is 30.0 Å². The highest BCUT2D eigenvalue weighted by Crippen LogP contribution is 2.41. The van der Waals surface area contributed by atoms with Crippen molar-refractivity contribution in [3.63, 3.8) is 0 Å². The number of fused-ring (bicyclic) bond motifs is 1. The predicted molar refractivity (Wildman–Crippen MR) is 164 cm³/mol. The molecule has 1 amide bonds. The lowest BCUT2D eigenvalue weighted by Crippen LogP contribution is -2.58. The number of hydrogen-bond donors (Lipinski definition) is 1. The first-order valence-corrected chi connectivity index (χ1v) is 16.6. The van der Waals surface area contributed by atoms with E-state index in [0.717, 1.165) is 23.7 Å². The number of amides is 1. The Kier molecular flexibility index (Phi) is 8.60. The van der Waals surface area contributed by atoms with Gasteiger partial charge in [0.05, 0.1) is 21.7 Å². The molecule has 1 aliphatic heterocycles. The summed E-state index contributed by atoms with van der Waals surface area (Å²) in [6.45, 7) is 6.84. The average Bonchev–Trinajstić information content (AvgIpc) is 3.33. The second kappa shape index (κ2) is 11.9. The van der Waals surface area contributed by atoms with Gasteiger partial charge < -0.3 is 15.1 Å². The number of likely N-dealkylation sites (tertiary alicyclic amines) is 1. The standard InChI is InChI=1S/C31H40ClN5O3S/c1-5-28-33-26-12-11-22(32)19-25(26)29(35-28)34-27-15-18-37(30(27)38)31(16-13-23(14-17-31)36(4)21(2)3)20-41(39,40)24-9-7-6-8-10-24/h6-12,19,21,23,27H,5,13-18,20H2,1-4H3,(H,33,34,35)/t23?,27-,31?/m0/s1. The van der Waals surface area contributed by atoms with Crippen molar-refractivity contribution in [3.8, 4) is 0 Å². The third-order valence-electron chi connectivity index (χ3n) is 8.95. The molecule has 0 bridgehead atoms. The summed E-state index contributed by atoms with van der Waals surface area (Å²) in [5, 5.41) is 4.73. The van der Waals surface area contributed by atoms with Crippen LogP contribution in [-0.2, 0) is 21.1 Å². The number of aryl methyl sites for hydroxylation is 1. The summed E-state index contributed by atoms with van der Waals surface area (Å²) in [4.78, 5) is 28.0. The smallest absolute Gasteiger partial charge is 0.245 e. The van der Waals surface area contributed by atoms with Gasteiger partial charge >= 0.3 is 0 Å². The molecule has 1 N–H and O–H groups in total. The van der Waals surface area contributed by atoms with Crippen LogP contribution in [0.2, 0.25) is 5.02 Å². The van der Waals surface area contributed by atoms with E-state index in [1.54, 1.807) is 30.3 Å². The summed E-state index contributed by atoms with van der Waals surface area (Å²) in [7, 11) is -1.48. The van der Waals surface area contributed by atoms with Gasteiger partial charge in [0.15, 0.2) is 9.84 Å². The van der Waals surface area contributed by atoms with Crippen molar-refractivity contribution in [1.29, 1.82) is 0 Å². The number of benzene rings is 2. The van der Waals surface area contributed by atoms with Gasteiger partial charge in [-0.3, -0.25) is 4.79 Å². The zero-order valence-corrected chi connectivity index (χ0v) is 25.9. The van der Waals surface area contributed by atoms with E-state index in [0.29, 0.717) is 65.9 Å². The Bertz CT molecular complexity index is 1510. The molecule has 0 radical (unpaired) electrons. The summed E-state index contributed by atoms with van der Waals surface area (Å²) in [6.07, 6.45) is 4.20. The van der Waals surface area contributed by atoms with Crippen LogP contribution < -0.4 is 5.32 Å². The maximum atomic E-state index is 14.1. The zero-order chi connectivity index (χ0) is 29.4. The molecule has 41 heavy (non-hydrogen) atoms. The van der Waals surface area contributed by atoms with E-state index in [4.69, 9.17) is 16.6 Å². The minimum Gasteiger partial charge on any atom is -0.358 e. The molecule has 0 unspecified atom stereocenters. The molecular formula is C31H40ClN5O3S. The van der Waals surface area contributed by atoms with E-state index < -0.39 is 21.4 Å². The Labute approximate surface area is 248 Å². The van der Waals surface area contributed by atoms with Crippen molar-refractivity contribution in [3.05, 3.63) is 59.4 Å². The van der Waals surface area contributed by atoms with Crippen molar-refractivity contribution in [2.24, 2.45) is 0 Å². The van der Waals surface area contributed by atoms with E-state index in [9.17, 15) is 13.2 Å². The van der Waals surface area contributed by atoms with E-state index in [1.165, 1.54) is 0 Å². The molecule has 0 spiro atoms. The maximum absolute atomic E-state index is 14.1. The van der Waals surface area contributed by atoms with E-state index in [-0.39, 0.29) is 11.7 Å². The topological polar surface area (TPSA) is 95.5 Å². The second-order valence-electron chi connectivity index (χ2n) is 11.8.